The number of piperazine rings is 1. The number of hydrogen-bond acceptors (Lipinski definition) is 4. The van der Waals surface area contributed by atoms with Gasteiger partial charge in [0.25, 0.3) is 0 Å². The summed E-state index contributed by atoms with van der Waals surface area (Å²) in [5.74, 6) is 0.526. The molecule has 5 heteroatoms. The predicted octanol–water partition coefficient (Wildman–Crippen LogP) is 3.83. The Kier molecular flexibility index (Phi) is 7.47. The molecule has 0 bridgehead atoms. The van der Waals surface area contributed by atoms with Gasteiger partial charge < -0.3 is 19.7 Å². The molecule has 146 valence electrons. The van der Waals surface area contributed by atoms with Gasteiger partial charge >= 0.3 is 6.09 Å². The van der Waals surface area contributed by atoms with E-state index in [4.69, 9.17) is 9.47 Å². The van der Waals surface area contributed by atoms with Gasteiger partial charge in [0.2, 0.25) is 0 Å². The molecule has 1 unspecified atom stereocenters. The van der Waals surface area contributed by atoms with E-state index < -0.39 is 5.60 Å². The van der Waals surface area contributed by atoms with Gasteiger partial charge in [0.15, 0.2) is 0 Å². The van der Waals surface area contributed by atoms with Crippen molar-refractivity contribution < 1.29 is 14.3 Å². The summed E-state index contributed by atoms with van der Waals surface area (Å²) >= 11 is 0. The van der Waals surface area contributed by atoms with Gasteiger partial charge in [-0.3, -0.25) is 0 Å². The van der Waals surface area contributed by atoms with Crippen LogP contribution in [0.5, 0.6) is 0 Å². The highest BCUT2D eigenvalue weighted by Crippen LogP contribution is 2.19. The fourth-order valence-electron chi connectivity index (χ4n) is 3.17. The smallest absolute Gasteiger partial charge is 0.410 e. The van der Waals surface area contributed by atoms with Crippen LogP contribution in [0.15, 0.2) is 30.3 Å². The highest BCUT2D eigenvalue weighted by atomic mass is 16.6. The lowest BCUT2D eigenvalue weighted by atomic mass is 9.99. The Morgan fingerprint density at radius 1 is 1.27 bits per heavy atom. The highest BCUT2D eigenvalue weighted by molar-refractivity contribution is 5.68. The molecular weight excluding hydrogens is 328 g/mol. The lowest BCUT2D eigenvalue weighted by Gasteiger charge is -2.41. The average Bonchev–Trinajstić information content (AvgIpc) is 2.55. The van der Waals surface area contributed by atoms with E-state index in [9.17, 15) is 4.79 Å². The van der Waals surface area contributed by atoms with Crippen LogP contribution >= 0.6 is 0 Å². The zero-order valence-corrected chi connectivity index (χ0v) is 16.8. The summed E-state index contributed by atoms with van der Waals surface area (Å²) in [7, 11) is 0. The van der Waals surface area contributed by atoms with Crippen molar-refractivity contribution in [1.82, 2.24) is 10.2 Å². The molecule has 1 aromatic carbocycles. The molecule has 0 aliphatic carbocycles. The molecule has 5 nitrogen and oxygen atoms in total. The summed E-state index contributed by atoms with van der Waals surface area (Å²) in [5, 5.41) is 3.53. The topological polar surface area (TPSA) is 50.8 Å². The normalized spacial score (nSPS) is 21.1. The molecule has 1 amide bonds. The van der Waals surface area contributed by atoms with Crippen LogP contribution < -0.4 is 5.32 Å². The first-order valence-corrected chi connectivity index (χ1v) is 9.59. The molecule has 1 N–H and O–H groups in total. The van der Waals surface area contributed by atoms with E-state index >= 15 is 0 Å². The third kappa shape index (κ3) is 6.96. The largest absolute Gasteiger partial charge is 0.444 e. The van der Waals surface area contributed by atoms with E-state index in [2.05, 4.69) is 31.3 Å². The Morgan fingerprint density at radius 3 is 2.58 bits per heavy atom. The van der Waals surface area contributed by atoms with Crippen LogP contribution in [-0.4, -0.2) is 48.4 Å². The summed E-state index contributed by atoms with van der Waals surface area (Å²) in [4.78, 5) is 14.6. The zero-order valence-electron chi connectivity index (χ0n) is 16.8. The van der Waals surface area contributed by atoms with Crippen molar-refractivity contribution in [3.8, 4) is 0 Å². The molecule has 0 saturated carbocycles. The minimum atomic E-state index is -0.482. The molecule has 2 atom stereocenters. The SMILES string of the molecule is CC(C)CC1CN[C@@H](COCc2ccccc2)CN1C(=O)OC(C)(C)C. The molecule has 1 heterocycles. The van der Waals surface area contributed by atoms with E-state index in [1.54, 1.807) is 0 Å². The van der Waals surface area contributed by atoms with E-state index in [1.165, 1.54) is 0 Å². The molecule has 0 spiro atoms. The third-order valence-electron chi connectivity index (χ3n) is 4.30. The zero-order chi connectivity index (χ0) is 19.2. The van der Waals surface area contributed by atoms with Crippen molar-refractivity contribution in [1.29, 1.82) is 0 Å². The van der Waals surface area contributed by atoms with Gasteiger partial charge in [-0.25, -0.2) is 4.79 Å². The number of amides is 1. The van der Waals surface area contributed by atoms with Crippen LogP contribution in [0.25, 0.3) is 0 Å². The molecule has 1 aliphatic heterocycles. The van der Waals surface area contributed by atoms with Crippen LogP contribution in [0.1, 0.15) is 46.6 Å². The highest BCUT2D eigenvalue weighted by Gasteiger charge is 2.34. The summed E-state index contributed by atoms with van der Waals surface area (Å²) < 4.78 is 11.5. The fourth-order valence-corrected chi connectivity index (χ4v) is 3.17. The molecule has 1 saturated heterocycles. The lowest BCUT2D eigenvalue weighted by molar-refractivity contribution is -0.00323. The minimum absolute atomic E-state index is 0.120. The standard InChI is InChI=1S/C21H34N2O3/c1-16(2)11-19-12-22-18(13-23(19)20(24)26-21(3,4)5)15-25-14-17-9-7-6-8-10-17/h6-10,16,18-19,22H,11-15H2,1-5H3/t18-,19?/m1/s1. The second-order valence-corrected chi connectivity index (χ2v) is 8.52. The Hall–Kier alpha value is -1.59. The second kappa shape index (κ2) is 9.38. The average molecular weight is 363 g/mol. The van der Waals surface area contributed by atoms with Crippen molar-refractivity contribution in [2.24, 2.45) is 5.92 Å². The maximum atomic E-state index is 12.7. The third-order valence-corrected chi connectivity index (χ3v) is 4.30. The van der Waals surface area contributed by atoms with Crippen molar-refractivity contribution >= 4 is 6.09 Å². The molecule has 0 aromatic heterocycles. The summed E-state index contributed by atoms with van der Waals surface area (Å²) in [6.45, 7) is 12.6. The molecule has 1 aliphatic rings. The van der Waals surface area contributed by atoms with Crippen LogP contribution in [-0.2, 0) is 16.1 Å². The number of nitrogens with zero attached hydrogens (tertiary/aromatic N) is 1. The Labute approximate surface area is 158 Å². The first-order valence-electron chi connectivity index (χ1n) is 9.59. The van der Waals surface area contributed by atoms with Crippen molar-refractivity contribution in [3.05, 3.63) is 35.9 Å². The number of benzene rings is 1. The van der Waals surface area contributed by atoms with Gasteiger partial charge in [0.05, 0.1) is 13.2 Å². The first-order chi connectivity index (χ1) is 12.2. The molecule has 0 radical (unpaired) electrons. The molecule has 2 rings (SSSR count). The monoisotopic (exact) mass is 362 g/mol. The second-order valence-electron chi connectivity index (χ2n) is 8.52. The van der Waals surface area contributed by atoms with Gasteiger partial charge in [-0.05, 0) is 38.7 Å². The molecule has 1 fully saturated rings. The molecular formula is C21H34N2O3. The van der Waals surface area contributed by atoms with Gasteiger partial charge in [-0.2, -0.15) is 0 Å². The van der Waals surface area contributed by atoms with E-state index in [0.717, 1.165) is 18.5 Å². The number of rotatable bonds is 6. The predicted molar refractivity (Wildman–Crippen MR) is 104 cm³/mol. The van der Waals surface area contributed by atoms with Crippen molar-refractivity contribution in [3.63, 3.8) is 0 Å². The lowest BCUT2D eigenvalue weighted by Crippen LogP contribution is -2.60. The molecule has 1 aromatic rings. The Balaban J connectivity index is 1.91. The van der Waals surface area contributed by atoms with Crippen LogP contribution in [0.4, 0.5) is 4.79 Å². The van der Waals surface area contributed by atoms with E-state index in [0.29, 0.717) is 25.7 Å². The van der Waals surface area contributed by atoms with Gasteiger partial charge in [0, 0.05) is 25.2 Å². The maximum absolute atomic E-state index is 12.7. The number of hydrogen-bond donors (Lipinski definition) is 1. The Morgan fingerprint density at radius 2 is 1.96 bits per heavy atom. The van der Waals surface area contributed by atoms with Gasteiger partial charge in [-0.15, -0.1) is 0 Å². The van der Waals surface area contributed by atoms with Crippen LogP contribution in [0.3, 0.4) is 0 Å². The number of carbonyl (C=O) groups is 1. The van der Waals surface area contributed by atoms with Crippen molar-refractivity contribution in [2.45, 2.75) is 65.3 Å². The van der Waals surface area contributed by atoms with Crippen LogP contribution in [0, 0.1) is 5.92 Å². The Bertz CT molecular complexity index is 554. The van der Waals surface area contributed by atoms with Crippen molar-refractivity contribution in [2.75, 3.05) is 19.7 Å². The number of carbonyl (C=O) groups excluding carboxylic acids is 1. The van der Waals surface area contributed by atoms with Gasteiger partial charge in [-0.1, -0.05) is 44.2 Å². The number of ether oxygens (including phenoxy) is 2. The maximum Gasteiger partial charge on any atom is 0.410 e. The van der Waals surface area contributed by atoms with E-state index in [-0.39, 0.29) is 18.2 Å². The molecule has 26 heavy (non-hydrogen) atoms. The number of nitrogens with one attached hydrogen (secondary N) is 1. The van der Waals surface area contributed by atoms with E-state index in [1.807, 2.05) is 43.9 Å². The first kappa shape index (κ1) is 20.7. The summed E-state index contributed by atoms with van der Waals surface area (Å²) in [6, 6.07) is 10.4. The quantitative estimate of drug-likeness (QED) is 0.836. The minimum Gasteiger partial charge on any atom is -0.444 e. The van der Waals surface area contributed by atoms with Crippen LogP contribution in [0.2, 0.25) is 0 Å². The summed E-state index contributed by atoms with van der Waals surface area (Å²) in [5.41, 5.74) is 0.675. The fraction of sp³-hybridized carbons (Fsp3) is 0.667. The van der Waals surface area contributed by atoms with Gasteiger partial charge in [0.1, 0.15) is 5.60 Å². The summed E-state index contributed by atoms with van der Waals surface area (Å²) in [6.07, 6.45) is 0.738.